The Bertz CT molecular complexity index is 1120. The van der Waals surface area contributed by atoms with E-state index in [1.165, 1.54) is 11.1 Å². The topological polar surface area (TPSA) is 51.3 Å². The zero-order valence-electron chi connectivity index (χ0n) is 22.5. The van der Waals surface area contributed by atoms with E-state index in [9.17, 15) is 18.0 Å². The van der Waals surface area contributed by atoms with Gasteiger partial charge in [-0.15, -0.1) is 0 Å². The first kappa shape index (κ1) is 27.7. The summed E-state index contributed by atoms with van der Waals surface area (Å²) in [4.78, 5) is 21.5. The average Bonchev–Trinajstić information content (AvgIpc) is 2.94. The fraction of sp³-hybridized carbons (Fsp3) is 0.552. The second-order valence-corrected chi connectivity index (χ2v) is 10.8. The summed E-state index contributed by atoms with van der Waals surface area (Å²) in [5.74, 6) is -0.0616. The molecule has 5 rings (SSSR count). The molecule has 0 spiro atoms. The molecular formula is C29H38F3N5O2. The maximum atomic E-state index is 13.5. The number of nitrogens with zero attached hydrogens (tertiary/aromatic N) is 4. The smallest absolute Gasteiger partial charge is 0.378 e. The van der Waals surface area contributed by atoms with Crippen LogP contribution in [0.5, 0.6) is 0 Å². The van der Waals surface area contributed by atoms with Crippen LogP contribution >= 0.6 is 0 Å². The first-order valence-corrected chi connectivity index (χ1v) is 13.8. The Balaban J connectivity index is 1.22. The van der Waals surface area contributed by atoms with E-state index in [4.69, 9.17) is 4.74 Å². The number of benzene rings is 2. The highest BCUT2D eigenvalue weighted by Crippen LogP contribution is 2.26. The number of hydrogen-bond donors (Lipinski definition) is 1. The summed E-state index contributed by atoms with van der Waals surface area (Å²) in [6.07, 6.45) is -3.47. The molecule has 2 aromatic rings. The van der Waals surface area contributed by atoms with Gasteiger partial charge in [0.05, 0.1) is 19.8 Å². The monoisotopic (exact) mass is 545 g/mol. The van der Waals surface area contributed by atoms with Crippen LogP contribution in [0.4, 0.5) is 24.5 Å². The van der Waals surface area contributed by atoms with Crippen LogP contribution < -0.4 is 15.1 Å². The summed E-state index contributed by atoms with van der Waals surface area (Å²) in [5, 5.41) is 2.79. The maximum Gasteiger partial charge on any atom is 0.403 e. The number of hydrogen-bond acceptors (Lipinski definition) is 6. The molecule has 0 aromatic heterocycles. The average molecular weight is 546 g/mol. The Morgan fingerprint density at radius 2 is 1.59 bits per heavy atom. The van der Waals surface area contributed by atoms with Crippen LogP contribution in [0.25, 0.3) is 0 Å². The van der Waals surface area contributed by atoms with E-state index in [0.29, 0.717) is 39.4 Å². The second kappa shape index (κ2) is 12.1. The molecule has 2 saturated heterocycles. The number of piperazine rings is 1. The molecule has 0 bridgehead atoms. The number of amides is 1. The van der Waals surface area contributed by atoms with Crippen molar-refractivity contribution in [3.8, 4) is 0 Å². The normalized spacial score (nSPS) is 20.6. The van der Waals surface area contributed by atoms with Gasteiger partial charge in [-0.2, -0.15) is 13.2 Å². The first-order valence-electron chi connectivity index (χ1n) is 13.8. The number of anilines is 2. The number of alkyl halides is 3. The highest BCUT2D eigenvalue weighted by Gasteiger charge is 2.38. The van der Waals surface area contributed by atoms with Gasteiger partial charge in [-0.3, -0.25) is 9.69 Å². The minimum absolute atomic E-state index is 0.0616. The lowest BCUT2D eigenvalue weighted by atomic mass is 9.99. The Kier molecular flexibility index (Phi) is 8.64. The molecule has 1 N–H and O–H groups in total. The number of ether oxygens (including phenoxy) is 1. The van der Waals surface area contributed by atoms with Crippen molar-refractivity contribution in [1.29, 1.82) is 0 Å². The van der Waals surface area contributed by atoms with Crippen molar-refractivity contribution < 1.29 is 22.7 Å². The Labute approximate surface area is 228 Å². The summed E-state index contributed by atoms with van der Waals surface area (Å²) >= 11 is 0. The molecule has 3 aliphatic rings. The highest BCUT2D eigenvalue weighted by atomic mass is 19.4. The van der Waals surface area contributed by atoms with Crippen molar-refractivity contribution in [2.24, 2.45) is 0 Å². The molecule has 3 aliphatic heterocycles. The third-order valence-corrected chi connectivity index (χ3v) is 8.00. The van der Waals surface area contributed by atoms with Gasteiger partial charge in [0.25, 0.3) is 0 Å². The molecule has 3 heterocycles. The summed E-state index contributed by atoms with van der Waals surface area (Å²) in [7, 11) is 0. The molecule has 212 valence electrons. The molecule has 0 aliphatic carbocycles. The Hall–Kier alpha value is -2.82. The van der Waals surface area contributed by atoms with Crippen LogP contribution in [0.1, 0.15) is 18.1 Å². The molecule has 2 atom stereocenters. The van der Waals surface area contributed by atoms with Gasteiger partial charge in [0.1, 0.15) is 6.04 Å². The summed E-state index contributed by atoms with van der Waals surface area (Å²) < 4.78 is 45.9. The van der Waals surface area contributed by atoms with Gasteiger partial charge in [0.15, 0.2) is 0 Å². The van der Waals surface area contributed by atoms with E-state index in [2.05, 4.69) is 44.3 Å². The van der Waals surface area contributed by atoms with Crippen molar-refractivity contribution in [2.75, 3.05) is 75.4 Å². The van der Waals surface area contributed by atoms with E-state index in [1.54, 1.807) is 4.90 Å². The number of halogens is 3. The first-order chi connectivity index (χ1) is 18.8. The van der Waals surface area contributed by atoms with Gasteiger partial charge in [-0.05, 0) is 42.7 Å². The van der Waals surface area contributed by atoms with Crippen molar-refractivity contribution in [3.05, 3.63) is 59.7 Å². The minimum atomic E-state index is -4.35. The Morgan fingerprint density at radius 3 is 2.31 bits per heavy atom. The van der Waals surface area contributed by atoms with E-state index in [-0.39, 0.29) is 19.0 Å². The number of fused-ring (bicyclic) bond motifs is 1. The molecule has 10 heteroatoms. The summed E-state index contributed by atoms with van der Waals surface area (Å²) in [5.41, 5.74) is 4.61. The van der Waals surface area contributed by atoms with Crippen LogP contribution in [0, 0.1) is 0 Å². The quantitative estimate of drug-likeness (QED) is 0.550. The van der Waals surface area contributed by atoms with Crippen LogP contribution in [-0.4, -0.2) is 99.5 Å². The number of carbonyl (C=O) groups is 1. The van der Waals surface area contributed by atoms with Crippen LogP contribution in [-0.2, 0) is 22.5 Å². The van der Waals surface area contributed by atoms with Crippen molar-refractivity contribution in [1.82, 2.24) is 15.1 Å². The fourth-order valence-corrected chi connectivity index (χ4v) is 5.73. The van der Waals surface area contributed by atoms with Crippen LogP contribution in [0.15, 0.2) is 48.5 Å². The van der Waals surface area contributed by atoms with E-state index in [1.807, 2.05) is 24.3 Å². The van der Waals surface area contributed by atoms with Crippen molar-refractivity contribution >= 4 is 17.3 Å². The molecule has 2 aromatic carbocycles. The molecule has 1 amide bonds. The molecule has 7 nitrogen and oxygen atoms in total. The molecular weight excluding hydrogens is 507 g/mol. The van der Waals surface area contributed by atoms with E-state index >= 15 is 0 Å². The highest BCUT2D eigenvalue weighted by molar-refractivity contribution is 5.83. The number of nitrogens with one attached hydrogen (secondary N) is 1. The predicted molar refractivity (Wildman–Crippen MR) is 146 cm³/mol. The third-order valence-electron chi connectivity index (χ3n) is 8.00. The molecule has 2 unspecified atom stereocenters. The van der Waals surface area contributed by atoms with E-state index < -0.39 is 18.3 Å². The number of carbonyl (C=O) groups excluding carboxylic acids is 1. The van der Waals surface area contributed by atoms with Gasteiger partial charge in [-0.25, -0.2) is 0 Å². The van der Waals surface area contributed by atoms with Gasteiger partial charge < -0.3 is 24.8 Å². The molecule has 0 saturated carbocycles. The minimum Gasteiger partial charge on any atom is -0.378 e. The molecule has 39 heavy (non-hydrogen) atoms. The van der Waals surface area contributed by atoms with Crippen LogP contribution in [0.2, 0.25) is 0 Å². The standard InChI is InChI=1S/C29H38F3N5O2/c1-22(29(30,31)32)33-25(19-34-10-9-23-5-2-3-6-24(23)18-34)20-37-12-11-36(21-28(37)38)27-8-4-7-26(17-27)35-13-15-39-16-14-35/h2-8,17,22,25,33H,9-16,18-21H2,1H3. The molecule has 0 radical (unpaired) electrons. The van der Waals surface area contributed by atoms with Gasteiger partial charge in [-0.1, -0.05) is 30.3 Å². The maximum absolute atomic E-state index is 13.5. The van der Waals surface area contributed by atoms with Gasteiger partial charge in [0, 0.05) is 69.8 Å². The van der Waals surface area contributed by atoms with Crippen molar-refractivity contribution in [2.45, 2.75) is 38.1 Å². The largest absolute Gasteiger partial charge is 0.403 e. The van der Waals surface area contributed by atoms with Gasteiger partial charge >= 0.3 is 6.18 Å². The zero-order valence-corrected chi connectivity index (χ0v) is 22.5. The lowest BCUT2D eigenvalue weighted by Crippen LogP contribution is -2.58. The third kappa shape index (κ3) is 7.04. The summed E-state index contributed by atoms with van der Waals surface area (Å²) in [6, 6.07) is 14.3. The lowest BCUT2D eigenvalue weighted by molar-refractivity contribution is -0.154. The Morgan fingerprint density at radius 1 is 0.872 bits per heavy atom. The zero-order chi connectivity index (χ0) is 27.4. The second-order valence-electron chi connectivity index (χ2n) is 10.8. The fourth-order valence-electron chi connectivity index (χ4n) is 5.73. The summed E-state index contributed by atoms with van der Waals surface area (Å²) in [6.45, 7) is 7.74. The lowest BCUT2D eigenvalue weighted by Gasteiger charge is -2.40. The predicted octanol–water partition coefficient (Wildman–Crippen LogP) is 3.14. The van der Waals surface area contributed by atoms with Gasteiger partial charge in [0.2, 0.25) is 5.91 Å². The molecule has 2 fully saturated rings. The van der Waals surface area contributed by atoms with Crippen molar-refractivity contribution in [3.63, 3.8) is 0 Å². The number of morpholine rings is 1. The SMILES string of the molecule is CC(NC(CN1CCc2ccccc2C1)CN1CCN(c2cccc(N3CCOCC3)c2)CC1=O)C(F)(F)F. The van der Waals surface area contributed by atoms with E-state index in [0.717, 1.165) is 44.4 Å². The number of rotatable bonds is 8. The van der Waals surface area contributed by atoms with Crippen LogP contribution in [0.3, 0.4) is 0 Å².